The number of hydrogen-bond donors (Lipinski definition) is 1. The van der Waals surface area contributed by atoms with E-state index in [2.05, 4.69) is 9.82 Å². The van der Waals surface area contributed by atoms with E-state index in [4.69, 9.17) is 0 Å². The van der Waals surface area contributed by atoms with E-state index in [9.17, 15) is 12.8 Å². The lowest BCUT2D eigenvalue weighted by molar-refractivity contribution is 0.545. The van der Waals surface area contributed by atoms with Crippen LogP contribution in [0.15, 0.2) is 23.1 Å². The minimum absolute atomic E-state index is 0.331. The van der Waals surface area contributed by atoms with E-state index in [0.29, 0.717) is 12.1 Å². The van der Waals surface area contributed by atoms with Crippen molar-refractivity contribution < 1.29 is 12.8 Å². The Hall–Kier alpha value is -1.73. The fraction of sp³-hybridized carbons (Fsp3) is 0.438. The zero-order valence-corrected chi connectivity index (χ0v) is 14.8. The lowest BCUT2D eigenvalue weighted by Gasteiger charge is -2.16. The molecule has 126 valence electrons. The lowest BCUT2D eigenvalue weighted by Crippen LogP contribution is -2.28. The maximum absolute atomic E-state index is 13.9. The molecule has 0 amide bonds. The summed E-state index contributed by atoms with van der Waals surface area (Å²) in [5, 5.41) is 4.39. The van der Waals surface area contributed by atoms with E-state index in [1.54, 1.807) is 13.8 Å². The second-order valence-corrected chi connectivity index (χ2v) is 7.36. The number of benzene rings is 1. The first-order valence-electron chi connectivity index (χ1n) is 7.49. The van der Waals surface area contributed by atoms with Gasteiger partial charge in [-0.25, -0.2) is 17.5 Å². The summed E-state index contributed by atoms with van der Waals surface area (Å²) in [6.07, 6.45) is 0. The van der Waals surface area contributed by atoms with Crippen LogP contribution in [-0.4, -0.2) is 18.2 Å². The van der Waals surface area contributed by atoms with Crippen molar-refractivity contribution in [3.63, 3.8) is 0 Å². The first-order valence-corrected chi connectivity index (χ1v) is 8.98. The maximum atomic E-state index is 13.9. The van der Waals surface area contributed by atoms with Gasteiger partial charge in [0.2, 0.25) is 10.0 Å². The van der Waals surface area contributed by atoms with E-state index in [1.807, 2.05) is 25.5 Å². The molecule has 0 radical (unpaired) electrons. The number of sulfonamides is 1. The highest BCUT2D eigenvalue weighted by atomic mass is 32.2. The van der Waals surface area contributed by atoms with Gasteiger partial charge in [0.1, 0.15) is 10.7 Å². The fourth-order valence-corrected chi connectivity index (χ4v) is 4.19. The fourth-order valence-electron chi connectivity index (χ4n) is 2.82. The zero-order valence-electron chi connectivity index (χ0n) is 14.0. The van der Waals surface area contributed by atoms with Crippen LogP contribution >= 0.6 is 0 Å². The molecule has 1 atom stereocenters. The number of halogens is 1. The summed E-state index contributed by atoms with van der Waals surface area (Å²) in [4.78, 5) is -0.331. The van der Waals surface area contributed by atoms with Crippen LogP contribution in [0.1, 0.15) is 42.4 Å². The minimum Gasteiger partial charge on any atom is -0.270 e. The van der Waals surface area contributed by atoms with Crippen LogP contribution in [0.25, 0.3) is 0 Å². The van der Waals surface area contributed by atoms with E-state index in [0.717, 1.165) is 17.0 Å². The number of aryl methyl sites for hydroxylation is 3. The number of hydrogen-bond acceptors (Lipinski definition) is 3. The molecule has 0 saturated heterocycles. The molecular weight excluding hydrogens is 317 g/mol. The Labute approximate surface area is 136 Å². The van der Waals surface area contributed by atoms with Crippen LogP contribution < -0.4 is 4.72 Å². The standard InChI is InChI=1S/C16H22FN3O2S/c1-6-20-13(5)16(11(3)18-20)12(4)19-23(21,22)15-9-10(2)7-8-14(15)17/h7-9,12,19H,6H2,1-5H3. The Kier molecular flexibility index (Phi) is 4.91. The summed E-state index contributed by atoms with van der Waals surface area (Å²) in [5.74, 6) is -0.756. The van der Waals surface area contributed by atoms with Crippen molar-refractivity contribution in [2.75, 3.05) is 0 Å². The van der Waals surface area contributed by atoms with Gasteiger partial charge in [0.25, 0.3) is 0 Å². The van der Waals surface area contributed by atoms with E-state index in [-0.39, 0.29) is 4.90 Å². The summed E-state index contributed by atoms with van der Waals surface area (Å²) >= 11 is 0. The largest absolute Gasteiger partial charge is 0.270 e. The van der Waals surface area contributed by atoms with Crippen molar-refractivity contribution in [3.05, 3.63) is 46.5 Å². The monoisotopic (exact) mass is 339 g/mol. The number of rotatable bonds is 5. The molecule has 5 nitrogen and oxygen atoms in total. The van der Waals surface area contributed by atoms with Gasteiger partial charge in [-0.3, -0.25) is 4.68 Å². The number of aromatic nitrogens is 2. The van der Waals surface area contributed by atoms with Crippen LogP contribution in [0.5, 0.6) is 0 Å². The van der Waals surface area contributed by atoms with Crippen molar-refractivity contribution in [2.45, 2.75) is 52.1 Å². The molecule has 1 aromatic carbocycles. The van der Waals surface area contributed by atoms with Gasteiger partial charge in [0, 0.05) is 23.8 Å². The first-order chi connectivity index (χ1) is 10.7. The molecule has 23 heavy (non-hydrogen) atoms. The zero-order chi connectivity index (χ0) is 17.4. The van der Waals surface area contributed by atoms with Crippen molar-refractivity contribution in [1.82, 2.24) is 14.5 Å². The van der Waals surface area contributed by atoms with Gasteiger partial charge in [-0.2, -0.15) is 5.10 Å². The van der Waals surface area contributed by atoms with E-state index < -0.39 is 21.9 Å². The topological polar surface area (TPSA) is 64.0 Å². The third-order valence-electron chi connectivity index (χ3n) is 3.88. The van der Waals surface area contributed by atoms with Crippen LogP contribution in [-0.2, 0) is 16.6 Å². The lowest BCUT2D eigenvalue weighted by atomic mass is 10.1. The van der Waals surface area contributed by atoms with Crippen molar-refractivity contribution >= 4 is 10.0 Å². The Morgan fingerprint density at radius 2 is 1.96 bits per heavy atom. The molecule has 0 saturated carbocycles. The highest BCUT2D eigenvalue weighted by Crippen LogP contribution is 2.24. The second kappa shape index (κ2) is 6.41. The molecule has 1 aromatic heterocycles. The molecule has 0 bridgehead atoms. The molecule has 1 unspecified atom stereocenters. The molecule has 7 heteroatoms. The normalized spacial score (nSPS) is 13.3. The highest BCUT2D eigenvalue weighted by molar-refractivity contribution is 7.89. The molecular formula is C16H22FN3O2S. The van der Waals surface area contributed by atoms with Gasteiger partial charge in [-0.1, -0.05) is 6.07 Å². The molecule has 1 heterocycles. The van der Waals surface area contributed by atoms with Crippen molar-refractivity contribution in [2.24, 2.45) is 0 Å². The van der Waals surface area contributed by atoms with Crippen molar-refractivity contribution in [1.29, 1.82) is 0 Å². The third-order valence-corrected chi connectivity index (χ3v) is 5.43. The Morgan fingerprint density at radius 3 is 2.52 bits per heavy atom. The number of nitrogens with one attached hydrogen (secondary N) is 1. The quantitative estimate of drug-likeness (QED) is 0.911. The summed E-state index contributed by atoms with van der Waals surface area (Å²) in [5.41, 5.74) is 3.18. The van der Waals surface area contributed by atoms with Gasteiger partial charge in [0.05, 0.1) is 5.69 Å². The molecule has 0 spiro atoms. The average molecular weight is 339 g/mol. The summed E-state index contributed by atoms with van der Waals surface area (Å²) in [6, 6.07) is 3.54. The van der Waals surface area contributed by atoms with Gasteiger partial charge >= 0.3 is 0 Å². The second-order valence-electron chi connectivity index (χ2n) is 5.68. The van der Waals surface area contributed by atoms with Crippen LogP contribution in [0, 0.1) is 26.6 Å². The Morgan fingerprint density at radius 1 is 1.30 bits per heavy atom. The molecule has 2 aromatic rings. The predicted octanol–water partition coefficient (Wildman–Crippen LogP) is 3.01. The predicted molar refractivity (Wildman–Crippen MR) is 87.2 cm³/mol. The first kappa shape index (κ1) is 17.6. The summed E-state index contributed by atoms with van der Waals surface area (Å²) in [7, 11) is -3.95. The van der Waals surface area contributed by atoms with Gasteiger partial charge < -0.3 is 0 Å². The molecule has 0 aliphatic heterocycles. The Balaban J connectivity index is 2.38. The molecule has 2 rings (SSSR count). The molecule has 1 N–H and O–H groups in total. The SMILES string of the molecule is CCn1nc(C)c(C(C)NS(=O)(=O)c2cc(C)ccc2F)c1C. The molecule has 0 fully saturated rings. The Bertz CT molecular complexity index is 828. The van der Waals surface area contributed by atoms with E-state index in [1.165, 1.54) is 18.2 Å². The summed E-state index contributed by atoms with van der Waals surface area (Å²) < 4.78 is 43.3. The maximum Gasteiger partial charge on any atom is 0.244 e. The van der Waals surface area contributed by atoms with Crippen LogP contribution in [0.4, 0.5) is 4.39 Å². The highest BCUT2D eigenvalue weighted by Gasteiger charge is 2.25. The van der Waals surface area contributed by atoms with Crippen LogP contribution in [0.3, 0.4) is 0 Å². The minimum atomic E-state index is -3.95. The molecule has 0 aliphatic rings. The van der Waals surface area contributed by atoms with E-state index >= 15 is 0 Å². The number of nitrogens with zero attached hydrogens (tertiary/aromatic N) is 2. The third kappa shape index (κ3) is 3.45. The van der Waals surface area contributed by atoms with Crippen molar-refractivity contribution in [3.8, 4) is 0 Å². The summed E-state index contributed by atoms with van der Waals surface area (Å²) in [6.45, 7) is 9.88. The molecule has 0 aliphatic carbocycles. The van der Waals surface area contributed by atoms with Crippen LogP contribution in [0.2, 0.25) is 0 Å². The average Bonchev–Trinajstić information content (AvgIpc) is 2.75. The van der Waals surface area contributed by atoms with Gasteiger partial charge in [-0.05, 0) is 52.3 Å². The smallest absolute Gasteiger partial charge is 0.244 e. The van der Waals surface area contributed by atoms with Gasteiger partial charge in [-0.15, -0.1) is 0 Å². The van der Waals surface area contributed by atoms with Gasteiger partial charge in [0.15, 0.2) is 0 Å².